The van der Waals surface area contributed by atoms with E-state index < -0.39 is 0 Å². The molecular weight excluding hydrogens is 382 g/mol. The molecule has 1 N–H and O–H groups in total. The van der Waals surface area contributed by atoms with Gasteiger partial charge >= 0.3 is 0 Å². The molecule has 3 heteroatoms. The minimum absolute atomic E-state index is 0.159. The molecule has 0 atom stereocenters. The number of hydrogen-bond donors (Lipinski definition) is 1. The van der Waals surface area contributed by atoms with Crippen molar-refractivity contribution in [3.05, 3.63) is 132 Å². The Bertz CT molecular complexity index is 1140. The van der Waals surface area contributed by atoms with Crippen molar-refractivity contribution in [2.24, 2.45) is 0 Å². The van der Waals surface area contributed by atoms with E-state index in [2.05, 4.69) is 5.32 Å². The van der Waals surface area contributed by atoms with Crippen LogP contribution in [0.4, 0.5) is 5.69 Å². The first-order chi connectivity index (χ1) is 15.3. The van der Waals surface area contributed by atoms with Gasteiger partial charge in [0.05, 0.1) is 0 Å². The summed E-state index contributed by atoms with van der Waals surface area (Å²) in [6.45, 7) is 0.504. The van der Waals surface area contributed by atoms with Crippen LogP contribution in [0, 0.1) is 0 Å². The molecule has 4 aromatic carbocycles. The number of rotatable bonds is 7. The molecule has 0 bridgehead atoms. The van der Waals surface area contributed by atoms with Gasteiger partial charge in [-0.1, -0.05) is 91.0 Å². The van der Waals surface area contributed by atoms with E-state index in [1.807, 2.05) is 121 Å². The minimum atomic E-state index is -0.159. The fourth-order valence-corrected chi connectivity index (χ4v) is 3.19. The van der Waals surface area contributed by atoms with Gasteiger partial charge in [-0.2, -0.15) is 0 Å². The van der Waals surface area contributed by atoms with Crippen LogP contribution in [-0.2, 0) is 11.4 Å². The molecule has 0 spiro atoms. The Labute approximate surface area is 182 Å². The summed E-state index contributed by atoms with van der Waals surface area (Å²) in [5.41, 5.74) is 4.27. The standard InChI is InChI=1S/C28H23NO2/c30-28(27(24-14-8-3-9-15-24)20-22-10-4-1-5-11-22)29-25-16-18-26(19-17-25)31-21-23-12-6-2-7-13-23/h1-20H,21H2,(H,29,30). The third-order valence-electron chi connectivity index (χ3n) is 4.80. The molecule has 0 heterocycles. The molecule has 1 amide bonds. The number of benzene rings is 4. The fraction of sp³-hybridized carbons (Fsp3) is 0.0357. The Hall–Kier alpha value is -4.11. The highest BCUT2D eigenvalue weighted by molar-refractivity contribution is 6.29. The van der Waals surface area contributed by atoms with Crippen LogP contribution in [0.5, 0.6) is 5.75 Å². The lowest BCUT2D eigenvalue weighted by atomic mass is 10.0. The first-order valence-corrected chi connectivity index (χ1v) is 10.2. The third kappa shape index (κ3) is 5.71. The molecule has 0 aliphatic carbocycles. The molecule has 0 radical (unpaired) electrons. The number of carbonyl (C=O) groups excluding carboxylic acids is 1. The zero-order valence-electron chi connectivity index (χ0n) is 17.1. The second kappa shape index (κ2) is 10.1. The van der Waals surface area contributed by atoms with Gasteiger partial charge < -0.3 is 10.1 Å². The van der Waals surface area contributed by atoms with Crippen molar-refractivity contribution in [3.63, 3.8) is 0 Å². The summed E-state index contributed by atoms with van der Waals surface area (Å²) >= 11 is 0. The van der Waals surface area contributed by atoms with Crippen molar-refractivity contribution < 1.29 is 9.53 Å². The van der Waals surface area contributed by atoms with Gasteiger partial charge in [0, 0.05) is 11.3 Å². The molecule has 0 aromatic heterocycles. The van der Waals surface area contributed by atoms with Crippen molar-refractivity contribution >= 4 is 23.2 Å². The van der Waals surface area contributed by atoms with Gasteiger partial charge in [-0.25, -0.2) is 0 Å². The van der Waals surface area contributed by atoms with E-state index in [1.165, 1.54) is 0 Å². The van der Waals surface area contributed by atoms with Gasteiger partial charge in [0.25, 0.3) is 5.91 Å². The molecule has 4 aromatic rings. The van der Waals surface area contributed by atoms with Crippen molar-refractivity contribution in [1.82, 2.24) is 0 Å². The second-order valence-corrected chi connectivity index (χ2v) is 7.09. The van der Waals surface area contributed by atoms with Crippen LogP contribution in [0.25, 0.3) is 11.6 Å². The lowest BCUT2D eigenvalue weighted by molar-refractivity contribution is -0.111. The highest BCUT2D eigenvalue weighted by Gasteiger charge is 2.12. The Kier molecular flexibility index (Phi) is 6.56. The van der Waals surface area contributed by atoms with Crippen molar-refractivity contribution in [2.75, 3.05) is 5.32 Å². The van der Waals surface area contributed by atoms with Gasteiger partial charge in [-0.05, 0) is 47.0 Å². The normalized spacial score (nSPS) is 11.0. The first kappa shape index (κ1) is 20.2. The average Bonchev–Trinajstić information content (AvgIpc) is 2.84. The summed E-state index contributed by atoms with van der Waals surface area (Å²) < 4.78 is 5.82. The van der Waals surface area contributed by atoms with E-state index in [0.717, 1.165) is 22.4 Å². The molecule has 0 saturated heterocycles. The van der Waals surface area contributed by atoms with Crippen LogP contribution < -0.4 is 10.1 Å². The summed E-state index contributed by atoms with van der Waals surface area (Å²) in [6, 6.07) is 37.0. The number of hydrogen-bond acceptors (Lipinski definition) is 2. The van der Waals surface area contributed by atoms with E-state index in [-0.39, 0.29) is 5.91 Å². The Morgan fingerprint density at radius 2 is 1.29 bits per heavy atom. The van der Waals surface area contributed by atoms with Gasteiger partial charge in [-0.15, -0.1) is 0 Å². The topological polar surface area (TPSA) is 38.3 Å². The zero-order chi connectivity index (χ0) is 21.3. The fourth-order valence-electron chi connectivity index (χ4n) is 3.19. The van der Waals surface area contributed by atoms with E-state index in [9.17, 15) is 4.79 Å². The lowest BCUT2D eigenvalue weighted by Crippen LogP contribution is -2.13. The Balaban J connectivity index is 1.47. The molecule has 31 heavy (non-hydrogen) atoms. The molecule has 152 valence electrons. The highest BCUT2D eigenvalue weighted by Crippen LogP contribution is 2.22. The Morgan fingerprint density at radius 1 is 0.710 bits per heavy atom. The summed E-state index contributed by atoms with van der Waals surface area (Å²) in [7, 11) is 0. The number of nitrogens with one attached hydrogen (secondary N) is 1. The number of carbonyl (C=O) groups is 1. The van der Waals surface area contributed by atoms with Crippen LogP contribution in [0.1, 0.15) is 16.7 Å². The quantitative estimate of drug-likeness (QED) is 0.284. The van der Waals surface area contributed by atoms with E-state index in [1.54, 1.807) is 0 Å². The number of ether oxygens (including phenoxy) is 1. The van der Waals surface area contributed by atoms with Crippen LogP contribution >= 0.6 is 0 Å². The molecule has 0 fully saturated rings. The van der Waals surface area contributed by atoms with Gasteiger partial charge in [0.1, 0.15) is 12.4 Å². The predicted octanol–water partition coefficient (Wildman–Crippen LogP) is 6.44. The van der Waals surface area contributed by atoms with E-state index in [0.29, 0.717) is 17.9 Å². The van der Waals surface area contributed by atoms with Crippen LogP contribution in [0.2, 0.25) is 0 Å². The van der Waals surface area contributed by atoms with Gasteiger partial charge in [0.15, 0.2) is 0 Å². The molecule has 0 unspecified atom stereocenters. The average molecular weight is 405 g/mol. The Morgan fingerprint density at radius 3 is 1.94 bits per heavy atom. The SMILES string of the molecule is O=C(Nc1ccc(OCc2ccccc2)cc1)C(=Cc1ccccc1)c1ccccc1. The molecule has 0 saturated carbocycles. The number of anilines is 1. The van der Waals surface area contributed by atoms with Crippen molar-refractivity contribution in [1.29, 1.82) is 0 Å². The van der Waals surface area contributed by atoms with E-state index in [4.69, 9.17) is 4.74 Å². The predicted molar refractivity (Wildman–Crippen MR) is 127 cm³/mol. The van der Waals surface area contributed by atoms with Crippen LogP contribution in [0.15, 0.2) is 115 Å². The largest absolute Gasteiger partial charge is 0.489 e. The van der Waals surface area contributed by atoms with Gasteiger partial charge in [-0.3, -0.25) is 4.79 Å². The summed E-state index contributed by atoms with van der Waals surface area (Å²) in [5.74, 6) is 0.595. The minimum Gasteiger partial charge on any atom is -0.489 e. The smallest absolute Gasteiger partial charge is 0.256 e. The first-order valence-electron chi connectivity index (χ1n) is 10.2. The summed E-state index contributed by atoms with van der Waals surface area (Å²) in [6.07, 6.45) is 1.90. The lowest BCUT2D eigenvalue weighted by Gasteiger charge is -2.11. The highest BCUT2D eigenvalue weighted by atomic mass is 16.5. The van der Waals surface area contributed by atoms with Gasteiger partial charge in [0.2, 0.25) is 0 Å². The summed E-state index contributed by atoms with van der Waals surface area (Å²) in [4.78, 5) is 13.1. The molecule has 4 rings (SSSR count). The molecular formula is C28H23NO2. The zero-order valence-corrected chi connectivity index (χ0v) is 17.1. The van der Waals surface area contributed by atoms with Crippen molar-refractivity contribution in [2.45, 2.75) is 6.61 Å². The maximum absolute atomic E-state index is 13.1. The maximum Gasteiger partial charge on any atom is 0.256 e. The third-order valence-corrected chi connectivity index (χ3v) is 4.80. The number of amides is 1. The molecule has 0 aliphatic rings. The second-order valence-electron chi connectivity index (χ2n) is 7.09. The molecule has 0 aliphatic heterocycles. The van der Waals surface area contributed by atoms with Crippen molar-refractivity contribution in [3.8, 4) is 5.75 Å². The van der Waals surface area contributed by atoms with E-state index >= 15 is 0 Å². The van der Waals surface area contributed by atoms with Crippen LogP contribution in [0.3, 0.4) is 0 Å². The monoisotopic (exact) mass is 405 g/mol. The summed E-state index contributed by atoms with van der Waals surface area (Å²) in [5, 5.41) is 3.00. The maximum atomic E-state index is 13.1. The van der Waals surface area contributed by atoms with Crippen LogP contribution in [-0.4, -0.2) is 5.91 Å². The molecule has 3 nitrogen and oxygen atoms in total.